The molecule has 0 spiro atoms. The predicted octanol–water partition coefficient (Wildman–Crippen LogP) is 5.80. The number of thioether (sulfide) groups is 1. The van der Waals surface area contributed by atoms with Crippen LogP contribution in [0.15, 0.2) is 46.0 Å². The molecule has 2 aliphatic heterocycles. The van der Waals surface area contributed by atoms with Gasteiger partial charge in [0.1, 0.15) is 5.04 Å². The Morgan fingerprint density at radius 2 is 1.94 bits per heavy atom. The third-order valence-electron chi connectivity index (χ3n) is 5.67. The van der Waals surface area contributed by atoms with Crippen molar-refractivity contribution >= 4 is 51.4 Å². The van der Waals surface area contributed by atoms with Crippen LogP contribution >= 0.6 is 23.4 Å². The maximum Gasteiger partial charge on any atom is 0.283 e. The van der Waals surface area contributed by atoms with Gasteiger partial charge in [0.2, 0.25) is 5.17 Å². The van der Waals surface area contributed by atoms with Gasteiger partial charge in [-0.2, -0.15) is 15.1 Å². The molecule has 1 N–H and O–H groups in total. The Bertz CT molecular complexity index is 1170. The molecule has 0 fully saturated rings. The number of halogens is 1. The lowest BCUT2D eigenvalue weighted by Gasteiger charge is -2.20. The van der Waals surface area contributed by atoms with Gasteiger partial charge in [-0.1, -0.05) is 37.6 Å². The number of hydrogen-bond donors (Lipinski definition) is 1. The van der Waals surface area contributed by atoms with Crippen molar-refractivity contribution in [2.45, 2.75) is 40.5 Å². The summed E-state index contributed by atoms with van der Waals surface area (Å²) in [5, 5.41) is 16.8. The monoisotopic (exact) mass is 453 g/mol. The fraction of sp³-hybridized carbons (Fsp3) is 0.304. The summed E-state index contributed by atoms with van der Waals surface area (Å²) in [6.45, 7) is 8.20. The van der Waals surface area contributed by atoms with E-state index >= 15 is 0 Å². The van der Waals surface area contributed by atoms with Crippen molar-refractivity contribution in [3.05, 3.63) is 57.9 Å². The van der Waals surface area contributed by atoms with Crippen LogP contribution in [0.3, 0.4) is 0 Å². The molecule has 3 heterocycles. The number of aryl methyl sites for hydroxylation is 1. The van der Waals surface area contributed by atoms with E-state index in [2.05, 4.69) is 28.5 Å². The van der Waals surface area contributed by atoms with Crippen LogP contribution in [0.1, 0.15) is 43.6 Å². The first kappa shape index (κ1) is 21.6. The van der Waals surface area contributed by atoms with Crippen LogP contribution in [-0.2, 0) is 4.79 Å². The van der Waals surface area contributed by atoms with Gasteiger partial charge in [-0.05, 0) is 68.3 Å². The summed E-state index contributed by atoms with van der Waals surface area (Å²) < 4.78 is 2.05. The van der Waals surface area contributed by atoms with E-state index in [1.165, 1.54) is 16.8 Å². The smallest absolute Gasteiger partial charge is 0.283 e. The summed E-state index contributed by atoms with van der Waals surface area (Å²) in [5.41, 5.74) is 3.88. The van der Waals surface area contributed by atoms with Gasteiger partial charge < -0.3 is 4.57 Å². The number of carbonyl (C=O) groups is 1. The molecule has 160 valence electrons. The van der Waals surface area contributed by atoms with Gasteiger partial charge in [-0.15, -0.1) is 0 Å². The number of nitrogens with zero attached hydrogens (tertiary/aromatic N) is 4. The lowest BCUT2D eigenvalue weighted by atomic mass is 10.1. The fourth-order valence-electron chi connectivity index (χ4n) is 3.90. The fourth-order valence-corrected chi connectivity index (χ4v) is 5.28. The average Bonchev–Trinajstić information content (AvgIpc) is 3.27. The molecule has 2 aromatic rings. The van der Waals surface area contributed by atoms with Crippen molar-refractivity contribution in [3.8, 4) is 5.69 Å². The first-order chi connectivity index (χ1) is 14.8. The molecular formula is C23H24ClN5OS. The molecule has 2 aliphatic rings. The Morgan fingerprint density at radius 1 is 1.23 bits per heavy atom. The number of amidine groups is 2. The van der Waals surface area contributed by atoms with Crippen molar-refractivity contribution < 1.29 is 4.79 Å². The van der Waals surface area contributed by atoms with Crippen LogP contribution in [0.4, 0.5) is 0 Å². The largest absolute Gasteiger partial charge is 0.316 e. The molecule has 1 aromatic carbocycles. The number of para-hydroxylation sites is 1. The molecule has 0 radical (unpaired) electrons. The SMILES string of the molecule is CCC(CC)C1=NN2C(=N)/C(=C/c3cc(C)n(-c4ccccc4Cl)c3C)C(=O)N=C2S1. The van der Waals surface area contributed by atoms with E-state index in [1.807, 2.05) is 44.2 Å². The lowest BCUT2D eigenvalue weighted by molar-refractivity contribution is -0.114. The van der Waals surface area contributed by atoms with Crippen molar-refractivity contribution in [2.24, 2.45) is 16.0 Å². The summed E-state index contributed by atoms with van der Waals surface area (Å²) in [6, 6.07) is 9.63. The molecule has 1 aromatic heterocycles. The number of amides is 1. The van der Waals surface area contributed by atoms with Crippen molar-refractivity contribution in [1.82, 2.24) is 9.58 Å². The number of carbonyl (C=O) groups excluding carboxylic acids is 1. The van der Waals surface area contributed by atoms with Crippen LogP contribution < -0.4 is 0 Å². The highest BCUT2D eigenvalue weighted by Crippen LogP contribution is 2.34. The highest BCUT2D eigenvalue weighted by atomic mass is 35.5. The number of fused-ring (bicyclic) bond motifs is 1. The van der Waals surface area contributed by atoms with Crippen LogP contribution in [-0.4, -0.2) is 31.5 Å². The molecule has 1 amide bonds. The Labute approximate surface area is 191 Å². The number of aromatic nitrogens is 1. The number of aliphatic imine (C=N–C) groups is 1. The Hall–Kier alpha value is -2.64. The third-order valence-corrected chi connectivity index (χ3v) is 7.06. The van der Waals surface area contributed by atoms with E-state index in [4.69, 9.17) is 17.0 Å². The van der Waals surface area contributed by atoms with Crippen molar-refractivity contribution in [3.63, 3.8) is 0 Å². The van der Waals surface area contributed by atoms with Crippen molar-refractivity contribution in [1.29, 1.82) is 5.41 Å². The molecule has 0 atom stereocenters. The standard InChI is InChI=1S/C23H24ClN5OS/c1-5-15(6-2)22-27-29-20(25)17(21(30)26-23(29)31-22)12-16-11-13(3)28(14(16)4)19-10-8-7-9-18(19)24/h7-12,15,25H,5-6H2,1-4H3/b17-12-,25-20?. The predicted molar refractivity (Wildman–Crippen MR) is 129 cm³/mol. The van der Waals surface area contributed by atoms with E-state index in [0.717, 1.165) is 40.5 Å². The normalized spacial score (nSPS) is 17.5. The first-order valence-corrected chi connectivity index (χ1v) is 11.5. The lowest BCUT2D eigenvalue weighted by Crippen LogP contribution is -2.35. The minimum atomic E-state index is -0.410. The van der Waals surface area contributed by atoms with E-state index in [9.17, 15) is 4.79 Å². The van der Waals surface area contributed by atoms with Gasteiger partial charge in [0, 0.05) is 17.3 Å². The zero-order valence-electron chi connectivity index (χ0n) is 17.9. The summed E-state index contributed by atoms with van der Waals surface area (Å²) >= 11 is 7.80. The highest BCUT2D eigenvalue weighted by Gasteiger charge is 2.37. The summed E-state index contributed by atoms with van der Waals surface area (Å²) in [6.07, 6.45) is 3.65. The van der Waals surface area contributed by atoms with Crippen molar-refractivity contribution in [2.75, 3.05) is 0 Å². The number of hydrazone groups is 1. The van der Waals surface area contributed by atoms with Gasteiger partial charge in [0.15, 0.2) is 5.84 Å². The van der Waals surface area contributed by atoms with E-state index in [1.54, 1.807) is 6.08 Å². The first-order valence-electron chi connectivity index (χ1n) is 10.3. The van der Waals surface area contributed by atoms with Crippen LogP contribution in [0.5, 0.6) is 0 Å². The molecule has 0 unspecified atom stereocenters. The van der Waals surface area contributed by atoms with Crippen LogP contribution in [0, 0.1) is 25.2 Å². The molecule has 4 rings (SSSR count). The summed E-state index contributed by atoms with van der Waals surface area (Å²) in [7, 11) is 0. The molecule has 0 aliphatic carbocycles. The van der Waals surface area contributed by atoms with Crippen LogP contribution in [0.25, 0.3) is 11.8 Å². The molecule has 6 nitrogen and oxygen atoms in total. The second kappa shape index (κ2) is 8.48. The Morgan fingerprint density at radius 3 is 2.61 bits per heavy atom. The zero-order chi connectivity index (χ0) is 22.3. The number of nitrogens with one attached hydrogen (secondary N) is 1. The van der Waals surface area contributed by atoms with Gasteiger partial charge in [0.25, 0.3) is 5.91 Å². The number of hydrogen-bond acceptors (Lipinski definition) is 4. The molecule has 31 heavy (non-hydrogen) atoms. The molecule has 0 saturated carbocycles. The minimum absolute atomic E-state index is 0.0611. The minimum Gasteiger partial charge on any atom is -0.316 e. The van der Waals surface area contributed by atoms with Gasteiger partial charge >= 0.3 is 0 Å². The topological polar surface area (TPSA) is 73.8 Å². The van der Waals surface area contributed by atoms with Gasteiger partial charge in [-0.3, -0.25) is 10.2 Å². The summed E-state index contributed by atoms with van der Waals surface area (Å²) in [4.78, 5) is 17.0. The maximum absolute atomic E-state index is 12.8. The second-order valence-corrected chi connectivity index (χ2v) is 8.98. The maximum atomic E-state index is 12.8. The highest BCUT2D eigenvalue weighted by molar-refractivity contribution is 8.27. The van der Waals surface area contributed by atoms with Gasteiger partial charge in [-0.25, -0.2) is 0 Å². The van der Waals surface area contributed by atoms with E-state index < -0.39 is 5.91 Å². The molecule has 8 heteroatoms. The van der Waals surface area contributed by atoms with Gasteiger partial charge in [0.05, 0.1) is 16.3 Å². The third kappa shape index (κ3) is 3.77. The number of benzene rings is 1. The van der Waals surface area contributed by atoms with E-state index in [-0.39, 0.29) is 11.4 Å². The van der Waals surface area contributed by atoms with Crippen LogP contribution in [0.2, 0.25) is 5.02 Å². The molecule has 0 bridgehead atoms. The molecular weight excluding hydrogens is 430 g/mol. The molecule has 0 saturated heterocycles. The number of rotatable bonds is 5. The van der Waals surface area contributed by atoms with E-state index in [0.29, 0.717) is 16.1 Å². The second-order valence-electron chi connectivity index (χ2n) is 7.58. The summed E-state index contributed by atoms with van der Waals surface area (Å²) in [5.74, 6) is -0.0403. The zero-order valence-corrected chi connectivity index (χ0v) is 19.5. The Kier molecular flexibility index (Phi) is 5.90. The quantitative estimate of drug-likeness (QED) is 0.581. The average molecular weight is 454 g/mol. The Balaban J connectivity index is 1.73.